The molecule has 1 aromatic heterocycles. The Morgan fingerprint density at radius 3 is 2.57 bits per heavy atom. The summed E-state index contributed by atoms with van der Waals surface area (Å²) in [5, 5.41) is 23.0. The molecule has 8 heteroatoms. The molecule has 2 aliphatic rings. The predicted octanol–water partition coefficient (Wildman–Crippen LogP) is 2.89. The Labute approximate surface area is 175 Å². The van der Waals surface area contributed by atoms with E-state index in [1.54, 1.807) is 0 Å². The summed E-state index contributed by atoms with van der Waals surface area (Å²) in [6, 6.07) is 5.58. The molecule has 0 radical (unpaired) electrons. The van der Waals surface area contributed by atoms with E-state index in [2.05, 4.69) is 21.1 Å². The maximum absolute atomic E-state index is 12.8. The molecule has 1 saturated carbocycles. The Hall–Kier alpha value is -2.87. The maximum atomic E-state index is 12.8. The maximum Gasteiger partial charge on any atom is 0.247 e. The van der Waals surface area contributed by atoms with Crippen LogP contribution in [0, 0.1) is 13.8 Å². The monoisotopic (exact) mass is 412 g/mol. The van der Waals surface area contributed by atoms with Crippen LogP contribution in [-0.4, -0.2) is 40.3 Å². The molecule has 1 saturated heterocycles. The molecule has 1 unspecified atom stereocenters. The van der Waals surface area contributed by atoms with Gasteiger partial charge in [-0.15, -0.1) is 0 Å². The molecule has 1 aliphatic carbocycles. The van der Waals surface area contributed by atoms with Crippen LogP contribution in [0.15, 0.2) is 22.7 Å². The van der Waals surface area contributed by atoms with Gasteiger partial charge >= 0.3 is 0 Å². The zero-order chi connectivity index (χ0) is 21.3. The van der Waals surface area contributed by atoms with Crippen LogP contribution >= 0.6 is 0 Å². The van der Waals surface area contributed by atoms with E-state index in [1.807, 2.05) is 32.0 Å². The van der Waals surface area contributed by atoms with Crippen molar-refractivity contribution in [2.45, 2.75) is 70.6 Å². The molecule has 2 amide bonds. The van der Waals surface area contributed by atoms with E-state index in [0.717, 1.165) is 54.0 Å². The van der Waals surface area contributed by atoms with Crippen molar-refractivity contribution in [3.63, 3.8) is 0 Å². The van der Waals surface area contributed by atoms with Crippen molar-refractivity contribution in [2.75, 3.05) is 10.6 Å². The summed E-state index contributed by atoms with van der Waals surface area (Å²) in [6.45, 7) is 3.75. The molecular formula is C22H28N4O4. The van der Waals surface area contributed by atoms with Gasteiger partial charge in [0.1, 0.15) is 11.8 Å². The molecule has 2 fully saturated rings. The second-order valence-electron chi connectivity index (χ2n) is 8.26. The number of carbonyl (C=O) groups is 2. The lowest BCUT2D eigenvalue weighted by molar-refractivity contribution is -0.122. The average molecular weight is 412 g/mol. The first kappa shape index (κ1) is 20.4. The molecule has 1 atom stereocenters. The number of carbonyl (C=O) groups excluding carboxylic acids is 2. The number of anilines is 2. The number of aliphatic hydroxyl groups excluding tert-OH is 1. The standard InChI is InChI=1S/C22H28N4O4/c1-12-21(13(2)30-26-12)14-3-8-17(23-15-4-6-16(27)7-5-15)19(11-14)25-22(29)18-9-10-20(28)24-18/h3,8,11,15-16,18,23,27H,4-7,9-10H2,1-2H3,(H,24,28)(H,25,29). The lowest BCUT2D eigenvalue weighted by Gasteiger charge is -2.28. The molecule has 30 heavy (non-hydrogen) atoms. The Kier molecular flexibility index (Phi) is 5.76. The number of aromatic nitrogens is 1. The highest BCUT2D eigenvalue weighted by molar-refractivity contribution is 6.01. The molecule has 160 valence electrons. The second kappa shape index (κ2) is 8.47. The molecule has 1 aliphatic heterocycles. The lowest BCUT2D eigenvalue weighted by atomic mass is 9.92. The second-order valence-corrected chi connectivity index (χ2v) is 8.26. The van der Waals surface area contributed by atoms with Crippen LogP contribution in [-0.2, 0) is 9.59 Å². The number of rotatable bonds is 5. The fourth-order valence-electron chi connectivity index (χ4n) is 4.29. The van der Waals surface area contributed by atoms with E-state index >= 15 is 0 Å². The van der Waals surface area contributed by atoms with E-state index in [1.165, 1.54) is 0 Å². The lowest BCUT2D eigenvalue weighted by Crippen LogP contribution is -2.37. The number of aliphatic hydroxyl groups is 1. The first-order valence-corrected chi connectivity index (χ1v) is 10.5. The summed E-state index contributed by atoms with van der Waals surface area (Å²) in [6.07, 6.45) is 3.92. The molecule has 2 heterocycles. The number of aryl methyl sites for hydroxylation is 2. The molecular weight excluding hydrogens is 384 g/mol. The Balaban J connectivity index is 1.61. The van der Waals surface area contributed by atoms with E-state index in [4.69, 9.17) is 4.52 Å². The van der Waals surface area contributed by atoms with Crippen molar-refractivity contribution in [1.29, 1.82) is 0 Å². The van der Waals surface area contributed by atoms with Gasteiger partial charge in [0.05, 0.1) is 23.2 Å². The van der Waals surface area contributed by atoms with Gasteiger partial charge in [-0.25, -0.2) is 0 Å². The van der Waals surface area contributed by atoms with Crippen LogP contribution in [0.4, 0.5) is 11.4 Å². The zero-order valence-electron chi connectivity index (χ0n) is 17.3. The van der Waals surface area contributed by atoms with Gasteiger partial charge in [0, 0.05) is 18.0 Å². The highest BCUT2D eigenvalue weighted by Crippen LogP contribution is 2.34. The molecule has 2 aromatic rings. The number of hydrogen-bond donors (Lipinski definition) is 4. The minimum absolute atomic E-state index is 0.0984. The van der Waals surface area contributed by atoms with Crippen molar-refractivity contribution >= 4 is 23.2 Å². The molecule has 8 nitrogen and oxygen atoms in total. The van der Waals surface area contributed by atoms with Gasteiger partial charge < -0.3 is 25.6 Å². The number of benzene rings is 1. The Morgan fingerprint density at radius 2 is 1.93 bits per heavy atom. The third-order valence-corrected chi connectivity index (χ3v) is 5.97. The number of nitrogens with one attached hydrogen (secondary N) is 3. The third kappa shape index (κ3) is 4.33. The van der Waals surface area contributed by atoms with E-state index in [9.17, 15) is 14.7 Å². The van der Waals surface area contributed by atoms with Gasteiger partial charge in [0.25, 0.3) is 0 Å². The number of nitrogens with zero attached hydrogens (tertiary/aromatic N) is 1. The fourth-order valence-corrected chi connectivity index (χ4v) is 4.29. The van der Waals surface area contributed by atoms with Crippen LogP contribution in [0.5, 0.6) is 0 Å². The van der Waals surface area contributed by atoms with Gasteiger partial charge in [-0.05, 0) is 63.6 Å². The van der Waals surface area contributed by atoms with E-state index in [-0.39, 0.29) is 24.0 Å². The van der Waals surface area contributed by atoms with Crippen LogP contribution in [0.3, 0.4) is 0 Å². The van der Waals surface area contributed by atoms with Gasteiger partial charge in [0.2, 0.25) is 11.8 Å². The van der Waals surface area contributed by atoms with E-state index in [0.29, 0.717) is 18.5 Å². The summed E-state index contributed by atoms with van der Waals surface area (Å²) in [4.78, 5) is 24.3. The minimum atomic E-state index is -0.516. The number of amides is 2. The third-order valence-electron chi connectivity index (χ3n) is 5.97. The van der Waals surface area contributed by atoms with Crippen molar-refractivity contribution < 1.29 is 19.2 Å². The normalized spacial score (nSPS) is 23.8. The zero-order valence-corrected chi connectivity index (χ0v) is 17.3. The quantitative estimate of drug-likeness (QED) is 0.600. The predicted molar refractivity (Wildman–Crippen MR) is 113 cm³/mol. The molecule has 4 rings (SSSR count). The summed E-state index contributed by atoms with van der Waals surface area (Å²) < 4.78 is 5.30. The Morgan fingerprint density at radius 1 is 1.17 bits per heavy atom. The Bertz CT molecular complexity index is 927. The van der Waals surface area contributed by atoms with Crippen molar-refractivity contribution in [2.24, 2.45) is 0 Å². The molecule has 1 aromatic carbocycles. The van der Waals surface area contributed by atoms with Gasteiger partial charge in [-0.1, -0.05) is 11.2 Å². The van der Waals surface area contributed by atoms with Gasteiger partial charge in [0.15, 0.2) is 0 Å². The first-order valence-electron chi connectivity index (χ1n) is 10.5. The molecule has 4 N–H and O–H groups in total. The largest absolute Gasteiger partial charge is 0.393 e. The minimum Gasteiger partial charge on any atom is -0.393 e. The highest BCUT2D eigenvalue weighted by Gasteiger charge is 2.28. The van der Waals surface area contributed by atoms with Gasteiger partial charge in [-0.2, -0.15) is 0 Å². The fraction of sp³-hybridized carbons (Fsp3) is 0.500. The summed E-state index contributed by atoms with van der Waals surface area (Å²) in [7, 11) is 0. The van der Waals surface area contributed by atoms with E-state index < -0.39 is 6.04 Å². The SMILES string of the molecule is Cc1noc(C)c1-c1ccc(NC2CCC(O)CC2)c(NC(=O)C2CCC(=O)N2)c1. The van der Waals surface area contributed by atoms with Crippen molar-refractivity contribution in [3.8, 4) is 11.1 Å². The van der Waals surface area contributed by atoms with Crippen LogP contribution in [0.1, 0.15) is 50.0 Å². The first-order chi connectivity index (χ1) is 14.4. The summed E-state index contributed by atoms with van der Waals surface area (Å²) >= 11 is 0. The van der Waals surface area contributed by atoms with Crippen LogP contribution in [0.2, 0.25) is 0 Å². The van der Waals surface area contributed by atoms with Crippen LogP contribution < -0.4 is 16.0 Å². The van der Waals surface area contributed by atoms with Crippen molar-refractivity contribution in [1.82, 2.24) is 10.5 Å². The van der Waals surface area contributed by atoms with Gasteiger partial charge in [-0.3, -0.25) is 9.59 Å². The van der Waals surface area contributed by atoms with Crippen LogP contribution in [0.25, 0.3) is 11.1 Å². The summed E-state index contributed by atoms with van der Waals surface area (Å²) in [5.74, 6) is 0.396. The molecule has 0 bridgehead atoms. The molecule has 0 spiro atoms. The topological polar surface area (TPSA) is 116 Å². The summed E-state index contributed by atoms with van der Waals surface area (Å²) in [5.41, 5.74) is 4.08. The number of hydrogen-bond acceptors (Lipinski definition) is 6. The van der Waals surface area contributed by atoms with Crippen molar-refractivity contribution in [3.05, 3.63) is 29.7 Å². The highest BCUT2D eigenvalue weighted by atomic mass is 16.5. The average Bonchev–Trinajstić information content (AvgIpc) is 3.30. The smallest absolute Gasteiger partial charge is 0.247 e.